The minimum atomic E-state index is -3.15. The van der Waals surface area contributed by atoms with Gasteiger partial charge in [-0.1, -0.05) is 23.6 Å². The van der Waals surface area contributed by atoms with E-state index < -0.39 is 6.57 Å². The minimum absolute atomic E-state index is 0.190. The summed E-state index contributed by atoms with van der Waals surface area (Å²) in [6, 6.07) is 0. The Morgan fingerprint density at radius 3 is 2.22 bits per heavy atom. The number of hydrogen-bond donors (Lipinski definition) is 1. The molecule has 9 heavy (non-hydrogen) atoms. The van der Waals surface area contributed by atoms with Crippen molar-refractivity contribution in [3.05, 3.63) is 0 Å². The normalized spacial score (nSPS) is 16.8. The molecule has 0 heterocycles. The summed E-state index contributed by atoms with van der Waals surface area (Å²) in [6.45, 7) is -3.15. The Hall–Kier alpha value is 0.980. The van der Waals surface area contributed by atoms with Gasteiger partial charge in [-0.15, -0.1) is 11.8 Å². The summed E-state index contributed by atoms with van der Waals surface area (Å²) >= 11 is 6.68. The van der Waals surface area contributed by atoms with E-state index in [4.69, 9.17) is 4.89 Å². The molecule has 0 spiro atoms. The topological polar surface area (TPSA) is 37.3 Å². The van der Waals surface area contributed by atoms with E-state index in [1.807, 2.05) is 0 Å². The largest absolute Gasteiger partial charge is 0.333 e. The van der Waals surface area contributed by atoms with Gasteiger partial charge in [0.2, 0.25) is 0 Å². The average molecular weight is 202 g/mol. The van der Waals surface area contributed by atoms with Crippen LogP contribution in [0.3, 0.4) is 0 Å². The van der Waals surface area contributed by atoms with Crippen molar-refractivity contribution in [3.63, 3.8) is 0 Å². The Morgan fingerprint density at radius 2 is 2.11 bits per heavy atom. The fraction of sp³-hybridized carbons (Fsp3) is 0.667. The third-order valence-corrected chi connectivity index (χ3v) is 7.22. The number of thiocarbonyl (C=S) groups is 1. The van der Waals surface area contributed by atoms with Gasteiger partial charge in [0.1, 0.15) is 3.94 Å². The molecule has 0 aliphatic carbocycles. The molecule has 2 nitrogen and oxygen atoms in total. The first kappa shape index (κ1) is 9.98. The van der Waals surface area contributed by atoms with E-state index in [1.54, 1.807) is 12.5 Å². The van der Waals surface area contributed by atoms with Crippen LogP contribution in [0.5, 0.6) is 0 Å². The molecule has 0 amide bonds. The van der Waals surface area contributed by atoms with Crippen molar-refractivity contribution in [3.8, 4) is 0 Å². The molecule has 1 atom stereocenters. The van der Waals surface area contributed by atoms with Crippen LogP contribution in [0.15, 0.2) is 0 Å². The van der Waals surface area contributed by atoms with Crippen molar-refractivity contribution >= 4 is 45.9 Å². The molecule has 1 unspecified atom stereocenters. The second-order valence-corrected chi connectivity index (χ2v) is 7.69. The molecule has 0 aromatic rings. The molecule has 0 saturated carbocycles. The van der Waals surface area contributed by atoms with Gasteiger partial charge in [-0.2, -0.15) is 0 Å². The maximum absolute atomic E-state index is 10.9. The summed E-state index contributed by atoms with van der Waals surface area (Å²) in [5.74, 6) is 0. The molecule has 0 radical (unpaired) electrons. The molecule has 0 saturated heterocycles. The van der Waals surface area contributed by atoms with E-state index in [0.717, 1.165) is 23.1 Å². The molecular formula is C3H7O2PS3. The lowest BCUT2D eigenvalue weighted by Crippen LogP contribution is -1.83. The van der Waals surface area contributed by atoms with E-state index in [2.05, 4.69) is 12.2 Å². The number of hydrogen-bond acceptors (Lipinski definition) is 4. The van der Waals surface area contributed by atoms with Crippen molar-refractivity contribution in [2.75, 3.05) is 12.5 Å². The maximum Gasteiger partial charge on any atom is 0.301 e. The van der Waals surface area contributed by atoms with Crippen LogP contribution in [0.1, 0.15) is 0 Å². The van der Waals surface area contributed by atoms with Crippen molar-refractivity contribution < 1.29 is 9.46 Å². The zero-order valence-corrected chi connectivity index (χ0v) is 8.37. The first-order valence-electron chi connectivity index (χ1n) is 2.01. The highest BCUT2D eigenvalue weighted by Crippen LogP contribution is 2.56. The van der Waals surface area contributed by atoms with Crippen molar-refractivity contribution in [1.82, 2.24) is 0 Å². The van der Waals surface area contributed by atoms with E-state index in [0.29, 0.717) is 0 Å². The molecule has 0 aliphatic heterocycles. The van der Waals surface area contributed by atoms with Crippen LogP contribution >= 0.6 is 41.9 Å². The fourth-order valence-corrected chi connectivity index (χ4v) is 3.72. The quantitative estimate of drug-likeness (QED) is 0.548. The molecule has 0 bridgehead atoms. The molecule has 0 fully saturated rings. The summed E-state index contributed by atoms with van der Waals surface area (Å²) in [4.78, 5) is 8.95. The zero-order valence-electron chi connectivity index (χ0n) is 5.03. The summed E-state index contributed by atoms with van der Waals surface area (Å²) in [6.07, 6.45) is 3.27. The van der Waals surface area contributed by atoms with Crippen LogP contribution in [0.4, 0.5) is 0 Å². The average Bonchev–Trinajstić information content (AvgIpc) is 1.86. The number of rotatable bonds is 2. The molecule has 0 rings (SSSR count). The Labute approximate surface area is 68.0 Å². The summed E-state index contributed by atoms with van der Waals surface area (Å²) in [5.41, 5.74) is 0. The smallest absolute Gasteiger partial charge is 0.301 e. The summed E-state index contributed by atoms with van der Waals surface area (Å²) in [7, 11) is 0. The van der Waals surface area contributed by atoms with Gasteiger partial charge in [-0.05, 0) is 12.5 Å². The monoisotopic (exact) mass is 202 g/mol. The van der Waals surface area contributed by atoms with Crippen LogP contribution in [0, 0.1) is 0 Å². The first-order chi connectivity index (χ1) is 4.04. The van der Waals surface area contributed by atoms with Gasteiger partial charge in [-0.3, -0.25) is 4.57 Å². The first-order valence-corrected chi connectivity index (χ1v) is 7.14. The van der Waals surface area contributed by atoms with E-state index >= 15 is 0 Å². The van der Waals surface area contributed by atoms with Crippen LogP contribution < -0.4 is 0 Å². The van der Waals surface area contributed by atoms with Crippen LogP contribution in [0.25, 0.3) is 0 Å². The van der Waals surface area contributed by atoms with E-state index in [1.165, 1.54) is 0 Å². The Morgan fingerprint density at radius 1 is 1.67 bits per heavy atom. The van der Waals surface area contributed by atoms with Gasteiger partial charge in [0, 0.05) is 0 Å². The lowest BCUT2D eigenvalue weighted by Gasteiger charge is -2.04. The highest BCUT2D eigenvalue weighted by molar-refractivity contribution is 8.68. The van der Waals surface area contributed by atoms with Gasteiger partial charge in [0.15, 0.2) is 0 Å². The van der Waals surface area contributed by atoms with Crippen LogP contribution in [-0.4, -0.2) is 21.3 Å². The molecule has 0 aliphatic rings. The molecule has 6 heteroatoms. The van der Waals surface area contributed by atoms with E-state index in [-0.39, 0.29) is 3.94 Å². The summed E-state index contributed by atoms with van der Waals surface area (Å²) in [5, 5.41) is 0. The second-order valence-electron chi connectivity index (χ2n) is 1.17. The Bertz CT molecular complexity index is 157. The van der Waals surface area contributed by atoms with Gasteiger partial charge in [0.25, 0.3) is 0 Å². The van der Waals surface area contributed by atoms with Gasteiger partial charge < -0.3 is 4.89 Å². The van der Waals surface area contributed by atoms with Crippen LogP contribution in [0.2, 0.25) is 0 Å². The minimum Gasteiger partial charge on any atom is -0.333 e. The molecule has 0 aromatic carbocycles. The predicted molar refractivity (Wildman–Crippen MR) is 49.5 cm³/mol. The Balaban J connectivity index is 4.16. The third kappa shape index (κ3) is 3.05. The third-order valence-electron chi connectivity index (χ3n) is 0.653. The van der Waals surface area contributed by atoms with Gasteiger partial charge >= 0.3 is 6.57 Å². The van der Waals surface area contributed by atoms with Gasteiger partial charge in [0.05, 0.1) is 0 Å². The molecule has 54 valence electrons. The van der Waals surface area contributed by atoms with Crippen molar-refractivity contribution in [2.45, 2.75) is 0 Å². The molecular weight excluding hydrogens is 195 g/mol. The van der Waals surface area contributed by atoms with Crippen molar-refractivity contribution in [2.24, 2.45) is 0 Å². The van der Waals surface area contributed by atoms with E-state index in [9.17, 15) is 4.57 Å². The Kier molecular flexibility index (Phi) is 4.42. The van der Waals surface area contributed by atoms with Crippen LogP contribution in [-0.2, 0) is 4.57 Å². The highest BCUT2D eigenvalue weighted by Gasteiger charge is 2.21. The highest BCUT2D eigenvalue weighted by atomic mass is 32.7. The zero-order chi connectivity index (χ0) is 7.49. The predicted octanol–water partition coefficient (Wildman–Crippen LogP) is 2.18. The van der Waals surface area contributed by atoms with Crippen molar-refractivity contribution in [1.29, 1.82) is 0 Å². The van der Waals surface area contributed by atoms with Gasteiger partial charge in [-0.25, -0.2) is 0 Å². The molecule has 1 N–H and O–H groups in total. The SMILES string of the molecule is CSC(=S)P(=O)(O)SC. The summed E-state index contributed by atoms with van der Waals surface area (Å²) < 4.78 is 11.1. The molecule has 0 aromatic heterocycles. The lowest BCUT2D eigenvalue weighted by atomic mass is 11.9. The number of thioether (sulfide) groups is 1. The standard InChI is InChI=1S/C3H7O2PS3/c1-8-3(7)6(4,5)9-2/h1-2H3,(H,4,5). The fourth-order valence-electron chi connectivity index (χ4n) is 0.190. The second kappa shape index (κ2) is 3.98. The maximum atomic E-state index is 10.9. The lowest BCUT2D eigenvalue weighted by molar-refractivity contribution is 0.511.